The van der Waals surface area contributed by atoms with Crippen LogP contribution >= 0.6 is 15.9 Å². The highest BCUT2D eigenvalue weighted by Crippen LogP contribution is 2.22. The number of aliphatic hydroxyl groups excluding tert-OH is 1. The highest BCUT2D eigenvalue weighted by atomic mass is 79.9. The molecule has 0 unspecified atom stereocenters. The molecular formula is C13H12BrN5O. The summed E-state index contributed by atoms with van der Waals surface area (Å²) in [6.07, 6.45) is 3.46. The van der Waals surface area contributed by atoms with Gasteiger partial charge in [0.15, 0.2) is 11.6 Å². The zero-order chi connectivity index (χ0) is 13.9. The summed E-state index contributed by atoms with van der Waals surface area (Å²) in [5.74, 6) is 1.29. The molecule has 6 nitrogen and oxygen atoms in total. The maximum absolute atomic E-state index is 8.86. The van der Waals surface area contributed by atoms with Crippen molar-refractivity contribution in [3.8, 4) is 0 Å². The van der Waals surface area contributed by atoms with Gasteiger partial charge in [-0.1, -0.05) is 6.07 Å². The van der Waals surface area contributed by atoms with E-state index in [4.69, 9.17) is 5.11 Å². The van der Waals surface area contributed by atoms with Gasteiger partial charge < -0.3 is 10.4 Å². The van der Waals surface area contributed by atoms with Gasteiger partial charge in [-0.2, -0.15) is 5.10 Å². The van der Waals surface area contributed by atoms with E-state index in [9.17, 15) is 0 Å². The van der Waals surface area contributed by atoms with Crippen molar-refractivity contribution < 1.29 is 5.11 Å². The maximum atomic E-state index is 8.86. The molecule has 2 heterocycles. The highest BCUT2D eigenvalue weighted by molar-refractivity contribution is 9.10. The molecule has 0 fully saturated rings. The lowest BCUT2D eigenvalue weighted by molar-refractivity contribution is 0.269. The van der Waals surface area contributed by atoms with Gasteiger partial charge in [-0.25, -0.2) is 4.98 Å². The van der Waals surface area contributed by atoms with E-state index < -0.39 is 0 Å². The average molecular weight is 334 g/mol. The number of anilines is 2. The third kappa shape index (κ3) is 2.63. The fourth-order valence-electron chi connectivity index (χ4n) is 1.85. The number of benzene rings is 1. The standard InChI is InChI=1S/C13H12BrN5O/c14-9-2-1-3-10-13(9)17-12(8-15-10)16-11-4-5-19(18-11)6-7-20/h1-5,8,20H,6-7H2,(H,16,17,18). The van der Waals surface area contributed by atoms with Gasteiger partial charge in [-0.15, -0.1) is 0 Å². The zero-order valence-corrected chi connectivity index (χ0v) is 12.1. The Bertz CT molecular complexity index is 742. The van der Waals surface area contributed by atoms with Crippen LogP contribution in [-0.2, 0) is 6.54 Å². The Labute approximate surface area is 123 Å². The minimum Gasteiger partial charge on any atom is -0.394 e. The second-order valence-corrected chi connectivity index (χ2v) is 5.03. The summed E-state index contributed by atoms with van der Waals surface area (Å²) in [6.45, 7) is 0.528. The second-order valence-electron chi connectivity index (χ2n) is 4.18. The SMILES string of the molecule is OCCn1ccc(Nc2cnc3cccc(Br)c3n2)n1. The Kier molecular flexibility index (Phi) is 3.62. The summed E-state index contributed by atoms with van der Waals surface area (Å²) >= 11 is 3.46. The monoisotopic (exact) mass is 333 g/mol. The van der Waals surface area contributed by atoms with Gasteiger partial charge in [0.1, 0.15) is 5.52 Å². The quantitative estimate of drug-likeness (QED) is 0.766. The highest BCUT2D eigenvalue weighted by Gasteiger charge is 2.05. The van der Waals surface area contributed by atoms with E-state index in [-0.39, 0.29) is 6.61 Å². The van der Waals surface area contributed by atoms with Crippen molar-refractivity contribution in [3.05, 3.63) is 41.1 Å². The molecule has 0 bridgehead atoms. The van der Waals surface area contributed by atoms with Crippen molar-refractivity contribution in [1.82, 2.24) is 19.7 Å². The van der Waals surface area contributed by atoms with Crippen molar-refractivity contribution >= 4 is 38.6 Å². The molecule has 7 heteroatoms. The Morgan fingerprint density at radius 3 is 3.00 bits per heavy atom. The molecule has 20 heavy (non-hydrogen) atoms. The molecule has 3 rings (SSSR count). The summed E-state index contributed by atoms with van der Waals surface area (Å²) in [5, 5.41) is 16.2. The van der Waals surface area contributed by atoms with E-state index >= 15 is 0 Å². The Morgan fingerprint density at radius 1 is 1.25 bits per heavy atom. The molecule has 0 aliphatic carbocycles. The number of para-hydroxylation sites is 1. The second kappa shape index (κ2) is 5.56. The first-order valence-electron chi connectivity index (χ1n) is 6.09. The fraction of sp³-hybridized carbons (Fsp3) is 0.154. The topological polar surface area (TPSA) is 75.9 Å². The fourth-order valence-corrected chi connectivity index (χ4v) is 2.29. The van der Waals surface area contributed by atoms with Crippen molar-refractivity contribution in [2.24, 2.45) is 0 Å². The third-order valence-corrected chi connectivity index (χ3v) is 3.39. The minimum atomic E-state index is 0.0594. The van der Waals surface area contributed by atoms with Crippen LogP contribution in [0.2, 0.25) is 0 Å². The molecule has 0 atom stereocenters. The van der Waals surface area contributed by atoms with E-state index in [0.717, 1.165) is 15.5 Å². The van der Waals surface area contributed by atoms with Gasteiger partial charge in [0, 0.05) is 16.7 Å². The summed E-state index contributed by atoms with van der Waals surface area (Å²) < 4.78 is 2.56. The van der Waals surface area contributed by atoms with Crippen LogP contribution in [0, 0.1) is 0 Å². The predicted molar refractivity (Wildman–Crippen MR) is 79.8 cm³/mol. The van der Waals surface area contributed by atoms with Gasteiger partial charge in [-0.3, -0.25) is 9.67 Å². The summed E-state index contributed by atoms with van der Waals surface area (Å²) in [5.41, 5.74) is 1.63. The van der Waals surface area contributed by atoms with Crippen molar-refractivity contribution in [1.29, 1.82) is 0 Å². The van der Waals surface area contributed by atoms with Crippen molar-refractivity contribution in [3.63, 3.8) is 0 Å². The Morgan fingerprint density at radius 2 is 2.15 bits per heavy atom. The summed E-state index contributed by atoms with van der Waals surface area (Å²) in [4.78, 5) is 8.86. The lowest BCUT2D eigenvalue weighted by Gasteiger charge is -2.04. The third-order valence-electron chi connectivity index (χ3n) is 2.75. The van der Waals surface area contributed by atoms with E-state index in [1.165, 1.54) is 0 Å². The lowest BCUT2D eigenvalue weighted by Crippen LogP contribution is -2.03. The molecule has 0 aliphatic rings. The van der Waals surface area contributed by atoms with Gasteiger partial charge >= 0.3 is 0 Å². The van der Waals surface area contributed by atoms with Crippen LogP contribution in [-0.4, -0.2) is 31.5 Å². The first-order chi connectivity index (χ1) is 9.76. The smallest absolute Gasteiger partial charge is 0.153 e. The number of aliphatic hydroxyl groups is 1. The number of nitrogens with one attached hydrogen (secondary N) is 1. The van der Waals surface area contributed by atoms with Crippen molar-refractivity contribution in [2.45, 2.75) is 6.54 Å². The molecule has 0 radical (unpaired) electrons. The van der Waals surface area contributed by atoms with Gasteiger partial charge in [0.25, 0.3) is 0 Å². The van der Waals surface area contributed by atoms with E-state index in [2.05, 4.69) is 36.3 Å². The molecule has 0 saturated carbocycles. The minimum absolute atomic E-state index is 0.0594. The van der Waals surface area contributed by atoms with Crippen LogP contribution in [0.1, 0.15) is 0 Å². The Hall–Kier alpha value is -1.99. The predicted octanol–water partition coefficient (Wildman–Crippen LogP) is 2.32. The number of nitrogens with zero attached hydrogens (tertiary/aromatic N) is 4. The summed E-state index contributed by atoms with van der Waals surface area (Å²) in [6, 6.07) is 7.58. The molecule has 102 valence electrons. The van der Waals surface area contributed by atoms with Crippen LogP contribution in [0.5, 0.6) is 0 Å². The number of aromatic nitrogens is 4. The Balaban J connectivity index is 1.88. The molecule has 3 aromatic rings. The van der Waals surface area contributed by atoms with E-state index in [1.807, 2.05) is 24.3 Å². The van der Waals surface area contributed by atoms with E-state index in [1.54, 1.807) is 17.1 Å². The normalized spacial score (nSPS) is 10.9. The molecule has 1 aromatic carbocycles. The van der Waals surface area contributed by atoms with Gasteiger partial charge in [0.05, 0.1) is 24.9 Å². The molecular weight excluding hydrogens is 322 g/mol. The zero-order valence-electron chi connectivity index (χ0n) is 10.5. The number of fused-ring (bicyclic) bond motifs is 1. The maximum Gasteiger partial charge on any atom is 0.153 e. The first kappa shape index (κ1) is 13.0. The molecule has 0 amide bonds. The van der Waals surface area contributed by atoms with Crippen LogP contribution in [0.3, 0.4) is 0 Å². The molecule has 0 aliphatic heterocycles. The van der Waals surface area contributed by atoms with Crippen LogP contribution in [0.25, 0.3) is 11.0 Å². The first-order valence-corrected chi connectivity index (χ1v) is 6.88. The summed E-state index contributed by atoms with van der Waals surface area (Å²) in [7, 11) is 0. The lowest BCUT2D eigenvalue weighted by atomic mass is 10.3. The average Bonchev–Trinajstić information content (AvgIpc) is 2.88. The number of rotatable bonds is 4. The number of hydrogen-bond acceptors (Lipinski definition) is 5. The molecule has 2 N–H and O–H groups in total. The van der Waals surface area contributed by atoms with Gasteiger partial charge in [0.2, 0.25) is 0 Å². The van der Waals surface area contributed by atoms with Crippen LogP contribution in [0.4, 0.5) is 11.6 Å². The van der Waals surface area contributed by atoms with Crippen LogP contribution in [0.15, 0.2) is 41.1 Å². The number of halogens is 1. The van der Waals surface area contributed by atoms with Gasteiger partial charge in [-0.05, 0) is 28.1 Å². The van der Waals surface area contributed by atoms with Crippen molar-refractivity contribution in [2.75, 3.05) is 11.9 Å². The number of hydrogen-bond donors (Lipinski definition) is 2. The largest absolute Gasteiger partial charge is 0.394 e. The molecule has 0 spiro atoms. The molecule has 2 aromatic heterocycles. The van der Waals surface area contributed by atoms with Crippen LogP contribution < -0.4 is 5.32 Å². The molecule has 0 saturated heterocycles. The van der Waals surface area contributed by atoms with E-state index in [0.29, 0.717) is 18.2 Å².